The number of nitrogens with two attached hydrogens (primary N) is 1. The number of carbonyl (C=O) groups excluding carboxylic acids is 1. The summed E-state index contributed by atoms with van der Waals surface area (Å²) >= 11 is 0. The molecule has 1 rings (SSSR count). The predicted molar refractivity (Wildman–Crippen MR) is 64.6 cm³/mol. The standard InChI is InChI=1S/C11H22NO2P/c1-7(2)9(12)6-14-11(13)8-4-3-5-10(8)15/h7-10H,3-6,12,15H2,1-2H3/t8-,9-,10?/m1/s1. The van der Waals surface area contributed by atoms with Crippen molar-refractivity contribution in [1.82, 2.24) is 0 Å². The lowest BCUT2D eigenvalue weighted by molar-refractivity contribution is -0.148. The van der Waals surface area contributed by atoms with Gasteiger partial charge in [0.1, 0.15) is 6.61 Å². The van der Waals surface area contributed by atoms with Crippen LogP contribution < -0.4 is 5.73 Å². The third-order valence-corrected chi connectivity index (χ3v) is 3.94. The lowest BCUT2D eigenvalue weighted by atomic mass is 10.1. The second kappa shape index (κ2) is 5.81. The highest BCUT2D eigenvalue weighted by Gasteiger charge is 2.31. The number of carbonyl (C=O) groups is 1. The molecule has 1 saturated carbocycles. The van der Waals surface area contributed by atoms with E-state index in [1.165, 1.54) is 0 Å². The van der Waals surface area contributed by atoms with Gasteiger partial charge in [-0.15, -0.1) is 9.24 Å². The Morgan fingerprint density at radius 2 is 2.20 bits per heavy atom. The molecule has 0 heterocycles. The van der Waals surface area contributed by atoms with Crippen LogP contribution in [0, 0.1) is 11.8 Å². The van der Waals surface area contributed by atoms with Crippen molar-refractivity contribution >= 4 is 15.2 Å². The molecule has 3 nitrogen and oxygen atoms in total. The van der Waals surface area contributed by atoms with Gasteiger partial charge in [0.25, 0.3) is 0 Å². The van der Waals surface area contributed by atoms with E-state index in [1.54, 1.807) is 0 Å². The molecule has 0 spiro atoms. The van der Waals surface area contributed by atoms with Gasteiger partial charge in [-0.25, -0.2) is 0 Å². The summed E-state index contributed by atoms with van der Waals surface area (Å²) in [5.41, 5.74) is 6.21. The summed E-state index contributed by atoms with van der Waals surface area (Å²) in [6.07, 6.45) is 3.20. The fourth-order valence-electron chi connectivity index (χ4n) is 1.76. The van der Waals surface area contributed by atoms with E-state index in [2.05, 4.69) is 9.24 Å². The largest absolute Gasteiger partial charge is 0.464 e. The minimum absolute atomic E-state index is 0.0432. The molecule has 4 atom stereocenters. The predicted octanol–water partition coefficient (Wildman–Crippen LogP) is 1.56. The van der Waals surface area contributed by atoms with Gasteiger partial charge in [-0.3, -0.25) is 4.79 Å². The summed E-state index contributed by atoms with van der Waals surface area (Å²) in [4.78, 5) is 11.7. The Kier molecular flexibility index (Phi) is 5.01. The van der Waals surface area contributed by atoms with Crippen LogP contribution >= 0.6 is 9.24 Å². The SMILES string of the molecule is CC(C)[C@H](N)COC(=O)[C@@H]1CCCC1P. The fraction of sp³-hybridized carbons (Fsp3) is 0.909. The van der Waals surface area contributed by atoms with E-state index >= 15 is 0 Å². The first-order valence-corrected chi connectivity index (χ1v) is 6.37. The van der Waals surface area contributed by atoms with Gasteiger partial charge in [0.15, 0.2) is 0 Å². The third-order valence-electron chi connectivity index (χ3n) is 3.15. The normalized spacial score (nSPS) is 28.1. The van der Waals surface area contributed by atoms with Gasteiger partial charge in [0, 0.05) is 6.04 Å². The molecule has 4 heteroatoms. The minimum atomic E-state index is -0.0661. The van der Waals surface area contributed by atoms with Gasteiger partial charge in [-0.2, -0.15) is 0 Å². The number of esters is 1. The third kappa shape index (κ3) is 3.73. The van der Waals surface area contributed by atoms with Crippen molar-refractivity contribution in [3.8, 4) is 0 Å². The molecule has 0 amide bonds. The summed E-state index contributed by atoms with van der Waals surface area (Å²) in [5.74, 6) is 0.367. The van der Waals surface area contributed by atoms with Crippen molar-refractivity contribution < 1.29 is 9.53 Å². The summed E-state index contributed by atoms with van der Waals surface area (Å²) in [6.45, 7) is 4.42. The van der Waals surface area contributed by atoms with E-state index in [0.717, 1.165) is 19.3 Å². The maximum atomic E-state index is 11.7. The van der Waals surface area contributed by atoms with Crippen LogP contribution in [0.5, 0.6) is 0 Å². The molecule has 1 aliphatic carbocycles. The molecular weight excluding hydrogens is 209 g/mol. The van der Waals surface area contributed by atoms with Crippen LogP contribution in [-0.2, 0) is 9.53 Å². The molecule has 0 radical (unpaired) electrons. The van der Waals surface area contributed by atoms with Gasteiger partial charge in [0.05, 0.1) is 5.92 Å². The summed E-state index contributed by atoms with van der Waals surface area (Å²) in [7, 11) is 2.74. The Morgan fingerprint density at radius 1 is 1.53 bits per heavy atom. The van der Waals surface area contributed by atoms with Crippen LogP contribution in [0.25, 0.3) is 0 Å². The molecule has 2 N–H and O–H groups in total. The number of hydrogen-bond acceptors (Lipinski definition) is 3. The highest BCUT2D eigenvalue weighted by Crippen LogP contribution is 2.32. The first kappa shape index (κ1) is 12.9. The Labute approximate surface area is 94.3 Å². The molecule has 0 saturated heterocycles. The van der Waals surface area contributed by atoms with Crippen molar-refractivity contribution in [3.63, 3.8) is 0 Å². The summed E-state index contributed by atoms with van der Waals surface area (Å²) < 4.78 is 5.24. The zero-order valence-corrected chi connectivity index (χ0v) is 10.8. The second-order valence-electron chi connectivity index (χ2n) is 4.74. The maximum Gasteiger partial charge on any atom is 0.309 e. The average molecular weight is 231 g/mol. The molecule has 0 aromatic heterocycles. The molecule has 2 unspecified atom stereocenters. The average Bonchev–Trinajstić information content (AvgIpc) is 2.60. The topological polar surface area (TPSA) is 52.3 Å². The van der Waals surface area contributed by atoms with Crippen LogP contribution in [0.2, 0.25) is 0 Å². The van der Waals surface area contributed by atoms with Gasteiger partial charge in [-0.1, -0.05) is 20.3 Å². The highest BCUT2D eigenvalue weighted by atomic mass is 31.0. The zero-order valence-electron chi connectivity index (χ0n) is 9.61. The molecule has 1 aliphatic rings. The van der Waals surface area contributed by atoms with E-state index in [1.807, 2.05) is 13.8 Å². The van der Waals surface area contributed by atoms with Crippen LogP contribution in [0.4, 0.5) is 0 Å². The van der Waals surface area contributed by atoms with Gasteiger partial charge < -0.3 is 10.5 Å². The Balaban J connectivity index is 2.29. The zero-order chi connectivity index (χ0) is 11.4. The molecule has 15 heavy (non-hydrogen) atoms. The van der Waals surface area contributed by atoms with Gasteiger partial charge in [-0.05, 0) is 24.4 Å². The number of ether oxygens (including phenoxy) is 1. The molecule has 0 aromatic carbocycles. The quantitative estimate of drug-likeness (QED) is 0.590. The van der Waals surface area contributed by atoms with Crippen molar-refractivity contribution in [2.45, 2.75) is 44.8 Å². The molecule has 0 aromatic rings. The minimum Gasteiger partial charge on any atom is -0.464 e. The lowest BCUT2D eigenvalue weighted by Crippen LogP contribution is -2.34. The van der Waals surface area contributed by atoms with Crippen molar-refractivity contribution in [2.75, 3.05) is 6.61 Å². The van der Waals surface area contributed by atoms with E-state index < -0.39 is 0 Å². The maximum absolute atomic E-state index is 11.7. The molecule has 88 valence electrons. The van der Waals surface area contributed by atoms with Crippen LogP contribution in [0.1, 0.15) is 33.1 Å². The van der Waals surface area contributed by atoms with Crippen LogP contribution in [0.3, 0.4) is 0 Å². The highest BCUT2D eigenvalue weighted by molar-refractivity contribution is 7.17. The number of hydrogen-bond donors (Lipinski definition) is 1. The van der Waals surface area contributed by atoms with E-state index in [0.29, 0.717) is 18.2 Å². The van der Waals surface area contributed by atoms with Crippen LogP contribution in [0.15, 0.2) is 0 Å². The van der Waals surface area contributed by atoms with E-state index in [9.17, 15) is 4.79 Å². The number of rotatable bonds is 4. The van der Waals surface area contributed by atoms with Crippen molar-refractivity contribution in [1.29, 1.82) is 0 Å². The van der Waals surface area contributed by atoms with E-state index in [4.69, 9.17) is 10.5 Å². The lowest BCUT2D eigenvalue weighted by Gasteiger charge is -2.18. The molecule has 0 aliphatic heterocycles. The monoisotopic (exact) mass is 231 g/mol. The van der Waals surface area contributed by atoms with Crippen molar-refractivity contribution in [3.05, 3.63) is 0 Å². The van der Waals surface area contributed by atoms with Crippen LogP contribution in [-0.4, -0.2) is 24.3 Å². The summed E-state index contributed by atoms with van der Waals surface area (Å²) in [6, 6.07) is -0.0432. The first-order valence-electron chi connectivity index (χ1n) is 5.70. The smallest absolute Gasteiger partial charge is 0.309 e. The Morgan fingerprint density at radius 3 is 2.67 bits per heavy atom. The molecular formula is C11H22NO2P. The summed E-state index contributed by atoms with van der Waals surface area (Å²) in [5, 5.41) is 0. The first-order chi connectivity index (χ1) is 7.02. The van der Waals surface area contributed by atoms with Gasteiger partial charge >= 0.3 is 5.97 Å². The Hall–Kier alpha value is -0.140. The Bertz CT molecular complexity index is 221. The van der Waals surface area contributed by atoms with E-state index in [-0.39, 0.29) is 17.9 Å². The molecule has 0 bridgehead atoms. The fourth-order valence-corrected chi connectivity index (χ4v) is 2.34. The second-order valence-corrected chi connectivity index (χ2v) is 5.60. The molecule has 1 fully saturated rings. The van der Waals surface area contributed by atoms with Gasteiger partial charge in [0.2, 0.25) is 0 Å². The van der Waals surface area contributed by atoms with Crippen molar-refractivity contribution in [2.24, 2.45) is 17.6 Å².